The summed E-state index contributed by atoms with van der Waals surface area (Å²) in [4.78, 5) is 15.8. The Bertz CT molecular complexity index is 403. The monoisotopic (exact) mass is 239 g/mol. The van der Waals surface area contributed by atoms with Crippen molar-refractivity contribution in [2.24, 2.45) is 0 Å². The van der Waals surface area contributed by atoms with Crippen LogP contribution in [0.4, 0.5) is 0 Å². The van der Waals surface area contributed by atoms with E-state index in [-0.39, 0.29) is 5.91 Å². The third-order valence-corrected chi connectivity index (χ3v) is 4.26. The predicted octanol–water partition coefficient (Wildman–Crippen LogP) is 1.96. The van der Waals surface area contributed by atoms with Gasteiger partial charge in [0.25, 0.3) is 5.91 Å². The van der Waals surface area contributed by atoms with Gasteiger partial charge in [0.2, 0.25) is 0 Å². The van der Waals surface area contributed by atoms with Crippen LogP contribution in [0.3, 0.4) is 0 Å². The first-order chi connectivity index (χ1) is 7.39. The average molecular weight is 239 g/mol. The van der Waals surface area contributed by atoms with Gasteiger partial charge in [-0.25, -0.2) is 0 Å². The van der Waals surface area contributed by atoms with Gasteiger partial charge in [-0.05, 0) is 38.8 Å². The van der Waals surface area contributed by atoms with E-state index in [1.165, 1.54) is 21.8 Å². The first-order valence-electron chi connectivity index (χ1n) is 5.48. The number of hydrogen-bond acceptors (Lipinski definition) is 3. The van der Waals surface area contributed by atoms with Crippen LogP contribution in [-0.2, 0) is 0 Å². The number of rotatable bonds is 1. The minimum atomic E-state index is -0.711. The van der Waals surface area contributed by atoms with E-state index in [0.717, 1.165) is 4.88 Å². The quantitative estimate of drug-likeness (QED) is 0.814. The lowest BCUT2D eigenvalue weighted by Crippen LogP contribution is -2.33. The molecule has 3 nitrogen and oxygen atoms in total. The molecule has 2 rings (SSSR count). The van der Waals surface area contributed by atoms with Crippen LogP contribution >= 0.6 is 11.3 Å². The van der Waals surface area contributed by atoms with Crippen molar-refractivity contribution in [3.63, 3.8) is 0 Å². The van der Waals surface area contributed by atoms with Crippen LogP contribution in [0.5, 0.6) is 0 Å². The maximum Gasteiger partial charge on any atom is 0.264 e. The molecular formula is C12H17NO2S. The van der Waals surface area contributed by atoms with Gasteiger partial charge in [-0.15, -0.1) is 11.3 Å². The fourth-order valence-electron chi connectivity index (χ4n) is 1.95. The Morgan fingerprint density at radius 1 is 1.56 bits per heavy atom. The molecule has 1 aliphatic rings. The zero-order valence-electron chi connectivity index (χ0n) is 9.91. The second kappa shape index (κ2) is 3.86. The van der Waals surface area contributed by atoms with Gasteiger partial charge in [0, 0.05) is 18.0 Å². The molecule has 1 aliphatic heterocycles. The fraction of sp³-hybridized carbons (Fsp3) is 0.583. The van der Waals surface area contributed by atoms with Crippen LogP contribution in [0.15, 0.2) is 6.07 Å². The van der Waals surface area contributed by atoms with E-state index in [9.17, 15) is 9.90 Å². The Morgan fingerprint density at radius 2 is 2.25 bits per heavy atom. The molecule has 0 spiro atoms. The molecule has 0 aliphatic carbocycles. The summed E-state index contributed by atoms with van der Waals surface area (Å²) in [6, 6.07) is 1.94. The molecule has 0 aromatic carbocycles. The Balaban J connectivity index is 2.15. The van der Waals surface area contributed by atoms with E-state index < -0.39 is 5.60 Å². The SMILES string of the molecule is Cc1cc(C(=O)N2CCC(C)(O)C2)sc1C. The highest BCUT2D eigenvalue weighted by atomic mass is 32.1. The Hall–Kier alpha value is -0.870. The Labute approximate surface area is 99.7 Å². The smallest absolute Gasteiger partial charge is 0.264 e. The number of carbonyl (C=O) groups excluding carboxylic acids is 1. The summed E-state index contributed by atoms with van der Waals surface area (Å²) in [6.45, 7) is 6.93. The van der Waals surface area contributed by atoms with Crippen molar-refractivity contribution in [3.05, 3.63) is 21.4 Å². The second-order valence-electron chi connectivity index (χ2n) is 4.82. The van der Waals surface area contributed by atoms with Gasteiger partial charge in [0.1, 0.15) is 0 Å². The lowest BCUT2D eigenvalue weighted by molar-refractivity contribution is 0.0575. The molecule has 4 heteroatoms. The van der Waals surface area contributed by atoms with E-state index in [2.05, 4.69) is 0 Å². The van der Waals surface area contributed by atoms with Gasteiger partial charge < -0.3 is 10.0 Å². The molecule has 0 saturated carbocycles. The van der Waals surface area contributed by atoms with Crippen LogP contribution in [0, 0.1) is 13.8 Å². The molecule has 1 amide bonds. The molecule has 2 heterocycles. The van der Waals surface area contributed by atoms with E-state index >= 15 is 0 Å². The third kappa shape index (κ3) is 2.13. The van der Waals surface area contributed by atoms with Crippen molar-refractivity contribution < 1.29 is 9.90 Å². The van der Waals surface area contributed by atoms with E-state index in [4.69, 9.17) is 0 Å². The molecule has 16 heavy (non-hydrogen) atoms. The van der Waals surface area contributed by atoms with E-state index in [1.54, 1.807) is 11.8 Å². The highest BCUT2D eigenvalue weighted by Gasteiger charge is 2.34. The van der Waals surface area contributed by atoms with Gasteiger partial charge in [-0.2, -0.15) is 0 Å². The number of hydrogen-bond donors (Lipinski definition) is 1. The second-order valence-corrected chi connectivity index (χ2v) is 6.08. The number of aryl methyl sites for hydroxylation is 2. The highest BCUT2D eigenvalue weighted by molar-refractivity contribution is 7.14. The fourth-order valence-corrected chi connectivity index (χ4v) is 2.95. The number of carbonyl (C=O) groups is 1. The van der Waals surface area contributed by atoms with Crippen LogP contribution in [-0.4, -0.2) is 34.6 Å². The average Bonchev–Trinajstić information content (AvgIpc) is 2.70. The number of aliphatic hydroxyl groups is 1. The molecule has 1 fully saturated rings. The summed E-state index contributed by atoms with van der Waals surface area (Å²) in [7, 11) is 0. The molecule has 1 N–H and O–H groups in total. The standard InChI is InChI=1S/C12H17NO2S/c1-8-6-10(16-9(8)2)11(14)13-5-4-12(3,15)7-13/h6,15H,4-5,7H2,1-3H3. The van der Waals surface area contributed by atoms with Crippen LogP contribution in [0.2, 0.25) is 0 Å². The van der Waals surface area contributed by atoms with Gasteiger partial charge >= 0.3 is 0 Å². The summed E-state index contributed by atoms with van der Waals surface area (Å²) < 4.78 is 0. The van der Waals surface area contributed by atoms with Gasteiger partial charge in [0.05, 0.1) is 10.5 Å². The topological polar surface area (TPSA) is 40.5 Å². The van der Waals surface area contributed by atoms with Crippen molar-refractivity contribution in [3.8, 4) is 0 Å². The predicted molar refractivity (Wildman–Crippen MR) is 64.9 cm³/mol. The zero-order valence-corrected chi connectivity index (χ0v) is 10.7. The van der Waals surface area contributed by atoms with Crippen molar-refractivity contribution in [2.75, 3.05) is 13.1 Å². The van der Waals surface area contributed by atoms with Crippen molar-refractivity contribution >= 4 is 17.2 Å². The van der Waals surface area contributed by atoms with Crippen LogP contribution in [0.1, 0.15) is 33.5 Å². The summed E-state index contributed by atoms with van der Waals surface area (Å²) >= 11 is 1.54. The molecule has 1 saturated heterocycles. The van der Waals surface area contributed by atoms with Crippen LogP contribution in [0.25, 0.3) is 0 Å². The lowest BCUT2D eigenvalue weighted by Gasteiger charge is -2.18. The van der Waals surface area contributed by atoms with Crippen molar-refractivity contribution in [2.45, 2.75) is 32.8 Å². The van der Waals surface area contributed by atoms with Crippen LogP contribution < -0.4 is 0 Å². The minimum absolute atomic E-state index is 0.0546. The molecule has 0 radical (unpaired) electrons. The van der Waals surface area contributed by atoms with Gasteiger partial charge in [-0.3, -0.25) is 4.79 Å². The Morgan fingerprint density at radius 3 is 2.69 bits per heavy atom. The first-order valence-corrected chi connectivity index (χ1v) is 6.29. The largest absolute Gasteiger partial charge is 0.388 e. The van der Waals surface area contributed by atoms with E-state index in [0.29, 0.717) is 19.5 Å². The number of β-amino-alcohol motifs (C(OH)–C–C–N with tert-alkyl or cyclic N) is 1. The van der Waals surface area contributed by atoms with Crippen molar-refractivity contribution in [1.29, 1.82) is 0 Å². The molecule has 1 atom stereocenters. The maximum atomic E-state index is 12.1. The number of amides is 1. The zero-order chi connectivity index (χ0) is 11.9. The number of thiophene rings is 1. The normalized spacial score (nSPS) is 25.1. The Kier molecular flexibility index (Phi) is 2.80. The third-order valence-electron chi connectivity index (χ3n) is 3.12. The first kappa shape index (κ1) is 11.6. The lowest BCUT2D eigenvalue weighted by atomic mass is 10.1. The molecule has 1 aromatic heterocycles. The molecular weight excluding hydrogens is 222 g/mol. The van der Waals surface area contributed by atoms with Gasteiger partial charge in [0.15, 0.2) is 0 Å². The van der Waals surface area contributed by atoms with E-state index in [1.807, 2.05) is 19.9 Å². The maximum absolute atomic E-state index is 12.1. The minimum Gasteiger partial charge on any atom is -0.388 e. The summed E-state index contributed by atoms with van der Waals surface area (Å²) in [6.07, 6.45) is 0.669. The van der Waals surface area contributed by atoms with Crippen molar-refractivity contribution in [1.82, 2.24) is 4.90 Å². The summed E-state index contributed by atoms with van der Waals surface area (Å²) in [5, 5.41) is 9.83. The molecule has 0 bridgehead atoms. The molecule has 88 valence electrons. The number of likely N-dealkylation sites (tertiary alicyclic amines) is 1. The summed E-state index contributed by atoms with van der Waals surface area (Å²) in [5.41, 5.74) is 0.455. The van der Waals surface area contributed by atoms with Gasteiger partial charge in [-0.1, -0.05) is 0 Å². The number of nitrogens with zero attached hydrogens (tertiary/aromatic N) is 1. The summed E-state index contributed by atoms with van der Waals surface area (Å²) in [5.74, 6) is 0.0546. The molecule has 1 unspecified atom stereocenters. The molecule has 1 aromatic rings. The highest BCUT2D eigenvalue weighted by Crippen LogP contribution is 2.26.